The number of aromatic amines is 1. The molecule has 0 fully saturated rings. The van der Waals surface area contributed by atoms with E-state index in [1.165, 1.54) is 0 Å². The van der Waals surface area contributed by atoms with Crippen LogP contribution in [0, 0.1) is 0 Å². The minimum Gasteiger partial charge on any atom is -0.333 e. The van der Waals surface area contributed by atoms with Gasteiger partial charge < -0.3 is 4.98 Å². The fraction of sp³-hybridized carbons (Fsp3) is 0.0714. The van der Waals surface area contributed by atoms with Gasteiger partial charge in [-0.3, -0.25) is 0 Å². The molecular weight excluding hydrogens is 256 g/mol. The molecule has 2 aromatic heterocycles. The molecule has 0 aliphatic rings. The first kappa shape index (κ1) is 11.9. The summed E-state index contributed by atoms with van der Waals surface area (Å²) < 4.78 is 0. The summed E-state index contributed by atoms with van der Waals surface area (Å²) in [6, 6.07) is 6.13. The summed E-state index contributed by atoms with van der Waals surface area (Å²) in [6.07, 6.45) is 7.51. The van der Waals surface area contributed by atoms with Crippen LogP contribution in [0.4, 0.5) is 0 Å². The van der Waals surface area contributed by atoms with Gasteiger partial charge in [-0.05, 0) is 24.0 Å². The molecule has 94 valence electrons. The summed E-state index contributed by atoms with van der Waals surface area (Å²) in [5.74, 6) is 0. The van der Waals surface area contributed by atoms with E-state index in [0.29, 0.717) is 0 Å². The fourth-order valence-electron chi connectivity index (χ4n) is 1.88. The van der Waals surface area contributed by atoms with Crippen molar-refractivity contribution in [1.82, 2.24) is 20.2 Å². The third kappa shape index (κ3) is 2.37. The highest BCUT2D eigenvalue weighted by Gasteiger charge is 1.98. The van der Waals surface area contributed by atoms with Gasteiger partial charge in [0.1, 0.15) is 0 Å². The van der Waals surface area contributed by atoms with E-state index in [-0.39, 0.29) is 0 Å². The highest BCUT2D eigenvalue weighted by molar-refractivity contribution is 7.98. The number of hydrogen-bond donors (Lipinski definition) is 1. The molecule has 4 nitrogen and oxygen atoms in total. The van der Waals surface area contributed by atoms with Gasteiger partial charge in [-0.15, -0.1) is 0 Å². The lowest BCUT2D eigenvalue weighted by Crippen LogP contribution is -2.22. The van der Waals surface area contributed by atoms with Crippen molar-refractivity contribution >= 4 is 35.2 Å². The van der Waals surface area contributed by atoms with E-state index in [4.69, 9.17) is 0 Å². The molecule has 3 rings (SSSR count). The topological polar surface area (TPSA) is 54.5 Å². The predicted molar refractivity (Wildman–Crippen MR) is 78.2 cm³/mol. The van der Waals surface area contributed by atoms with Crippen LogP contribution in [0.2, 0.25) is 0 Å². The van der Waals surface area contributed by atoms with E-state index in [2.05, 4.69) is 32.8 Å². The molecule has 2 heterocycles. The standard InChI is InChI=1S/C14H12N4S/c1-9-13(18-14(17-9)19-2)6-10-3-4-11-7-15-16-8-12(11)5-10/h3-8H,1H2,2H3,(H,17,18)/b13-6-. The Labute approximate surface area is 114 Å². The van der Waals surface area contributed by atoms with Gasteiger partial charge >= 0.3 is 0 Å². The number of fused-ring (bicyclic) bond motifs is 1. The molecule has 0 saturated carbocycles. The van der Waals surface area contributed by atoms with Crippen molar-refractivity contribution in [2.24, 2.45) is 0 Å². The Morgan fingerprint density at radius 2 is 2.00 bits per heavy atom. The van der Waals surface area contributed by atoms with Gasteiger partial charge in [0.2, 0.25) is 0 Å². The minimum atomic E-state index is 0.831. The molecule has 19 heavy (non-hydrogen) atoms. The average Bonchev–Trinajstić information content (AvgIpc) is 2.79. The lowest BCUT2D eigenvalue weighted by Gasteiger charge is -1.97. The van der Waals surface area contributed by atoms with E-state index in [9.17, 15) is 0 Å². The maximum atomic E-state index is 4.47. The van der Waals surface area contributed by atoms with Crippen LogP contribution in [-0.4, -0.2) is 26.4 Å². The molecule has 0 aliphatic carbocycles. The number of nitrogens with zero attached hydrogens (tertiary/aromatic N) is 3. The van der Waals surface area contributed by atoms with Gasteiger partial charge in [0.05, 0.1) is 23.1 Å². The summed E-state index contributed by atoms with van der Waals surface area (Å²) in [5, 5.41) is 12.5. The molecule has 0 radical (unpaired) electrons. The first-order valence-electron chi connectivity index (χ1n) is 5.77. The Hall–Kier alpha value is -2.14. The summed E-state index contributed by atoms with van der Waals surface area (Å²) in [7, 11) is 0. The molecule has 3 aromatic rings. The maximum absolute atomic E-state index is 4.47. The van der Waals surface area contributed by atoms with Crippen LogP contribution in [-0.2, 0) is 0 Å². The van der Waals surface area contributed by atoms with E-state index >= 15 is 0 Å². The van der Waals surface area contributed by atoms with Gasteiger partial charge in [0.25, 0.3) is 0 Å². The van der Waals surface area contributed by atoms with Crippen molar-refractivity contribution in [1.29, 1.82) is 0 Å². The third-order valence-corrected chi connectivity index (χ3v) is 3.44. The predicted octanol–water partition coefficient (Wildman–Crippen LogP) is 1.31. The first-order chi connectivity index (χ1) is 9.26. The second-order valence-electron chi connectivity index (χ2n) is 4.13. The first-order valence-corrected chi connectivity index (χ1v) is 7.00. The normalized spacial score (nSPS) is 12.2. The Bertz CT molecular complexity index is 838. The second kappa shape index (κ2) is 4.85. The number of imidazole rings is 1. The highest BCUT2D eigenvalue weighted by Crippen LogP contribution is 2.13. The van der Waals surface area contributed by atoms with Gasteiger partial charge in [-0.2, -0.15) is 10.2 Å². The molecule has 0 amide bonds. The van der Waals surface area contributed by atoms with Crippen LogP contribution < -0.4 is 10.7 Å². The number of benzene rings is 1. The lowest BCUT2D eigenvalue weighted by atomic mass is 10.1. The molecular formula is C14H12N4S. The summed E-state index contributed by atoms with van der Waals surface area (Å²) >= 11 is 1.57. The average molecular weight is 268 g/mol. The second-order valence-corrected chi connectivity index (χ2v) is 4.93. The fourth-order valence-corrected chi connectivity index (χ4v) is 2.29. The molecule has 1 N–H and O–H groups in total. The van der Waals surface area contributed by atoms with Crippen LogP contribution in [0.25, 0.3) is 23.4 Å². The molecule has 0 atom stereocenters. The van der Waals surface area contributed by atoms with Crippen molar-refractivity contribution < 1.29 is 0 Å². The van der Waals surface area contributed by atoms with Gasteiger partial charge in [-0.1, -0.05) is 30.5 Å². The molecule has 0 aliphatic heterocycles. The third-order valence-electron chi connectivity index (χ3n) is 2.86. The monoisotopic (exact) mass is 268 g/mol. The Kier molecular flexibility index (Phi) is 3.05. The van der Waals surface area contributed by atoms with Crippen molar-refractivity contribution in [3.05, 3.63) is 46.9 Å². The van der Waals surface area contributed by atoms with E-state index in [0.717, 1.165) is 32.2 Å². The van der Waals surface area contributed by atoms with Gasteiger partial charge in [0.15, 0.2) is 5.16 Å². The molecule has 0 unspecified atom stereocenters. The van der Waals surface area contributed by atoms with E-state index in [1.54, 1.807) is 24.2 Å². The zero-order chi connectivity index (χ0) is 13.2. The van der Waals surface area contributed by atoms with Crippen molar-refractivity contribution in [2.45, 2.75) is 5.16 Å². The zero-order valence-corrected chi connectivity index (χ0v) is 11.2. The molecule has 1 aromatic carbocycles. The number of thioether (sulfide) groups is 1. The van der Waals surface area contributed by atoms with Crippen LogP contribution in [0.15, 0.2) is 35.7 Å². The molecule has 0 saturated heterocycles. The number of aromatic nitrogens is 4. The Balaban J connectivity index is 2.14. The summed E-state index contributed by atoms with van der Waals surface area (Å²) in [4.78, 5) is 7.60. The summed E-state index contributed by atoms with van der Waals surface area (Å²) in [6.45, 7) is 3.96. The highest BCUT2D eigenvalue weighted by atomic mass is 32.2. The lowest BCUT2D eigenvalue weighted by molar-refractivity contribution is 1.05. The van der Waals surface area contributed by atoms with Crippen LogP contribution in [0.1, 0.15) is 5.56 Å². The minimum absolute atomic E-state index is 0.831. The largest absolute Gasteiger partial charge is 0.333 e. The number of hydrogen-bond acceptors (Lipinski definition) is 4. The van der Waals surface area contributed by atoms with Crippen LogP contribution in [0.5, 0.6) is 0 Å². The van der Waals surface area contributed by atoms with E-state index < -0.39 is 0 Å². The number of rotatable bonds is 2. The number of H-pyrrole nitrogens is 1. The zero-order valence-electron chi connectivity index (χ0n) is 10.4. The smallest absolute Gasteiger partial charge is 0.166 e. The Morgan fingerprint density at radius 1 is 1.21 bits per heavy atom. The quantitative estimate of drug-likeness (QED) is 0.712. The van der Waals surface area contributed by atoms with Crippen LogP contribution >= 0.6 is 11.8 Å². The maximum Gasteiger partial charge on any atom is 0.166 e. The molecule has 0 spiro atoms. The van der Waals surface area contributed by atoms with Gasteiger partial charge in [-0.25, -0.2) is 4.98 Å². The number of nitrogens with one attached hydrogen (secondary N) is 1. The van der Waals surface area contributed by atoms with Gasteiger partial charge in [0, 0.05) is 10.8 Å². The summed E-state index contributed by atoms with van der Waals surface area (Å²) in [5.41, 5.74) is 1.07. The molecule has 0 bridgehead atoms. The van der Waals surface area contributed by atoms with Crippen molar-refractivity contribution in [2.75, 3.05) is 6.26 Å². The molecule has 5 heteroatoms. The van der Waals surface area contributed by atoms with Crippen molar-refractivity contribution in [3.63, 3.8) is 0 Å². The Morgan fingerprint density at radius 3 is 2.74 bits per heavy atom. The SMILES string of the molecule is C=c1[nH]c(SC)n/c1=C\c1ccc2cnncc2c1. The van der Waals surface area contributed by atoms with Crippen molar-refractivity contribution in [3.8, 4) is 0 Å². The van der Waals surface area contributed by atoms with Crippen LogP contribution in [0.3, 0.4) is 0 Å². The van der Waals surface area contributed by atoms with E-state index in [1.807, 2.05) is 24.5 Å².